The van der Waals surface area contributed by atoms with Crippen molar-refractivity contribution in [3.8, 4) is 0 Å². The van der Waals surface area contributed by atoms with E-state index in [1.165, 1.54) is 25.7 Å². The zero-order chi connectivity index (χ0) is 8.69. The van der Waals surface area contributed by atoms with Crippen LogP contribution in [-0.2, 0) is 0 Å². The van der Waals surface area contributed by atoms with E-state index in [1.54, 1.807) is 0 Å². The quantitative estimate of drug-likeness (QED) is 0.505. The Kier molecular flexibility index (Phi) is 6.80. The first kappa shape index (κ1) is 11.1. The lowest BCUT2D eigenvalue weighted by atomic mass is 9.76. The summed E-state index contributed by atoms with van der Waals surface area (Å²) in [4.78, 5) is 0. The zero-order valence-electron chi connectivity index (χ0n) is 8.27. The summed E-state index contributed by atoms with van der Waals surface area (Å²) in [5.74, 6) is 1.78. The van der Waals surface area contributed by atoms with Gasteiger partial charge < -0.3 is 0 Å². The summed E-state index contributed by atoms with van der Waals surface area (Å²) < 4.78 is 0. The molecule has 64 valence electrons. The minimum atomic E-state index is 0.841. The van der Waals surface area contributed by atoms with Crippen LogP contribution in [0.1, 0.15) is 46.5 Å². The van der Waals surface area contributed by atoms with Gasteiger partial charge in [-0.25, -0.2) is 0 Å². The van der Waals surface area contributed by atoms with E-state index in [0.717, 1.165) is 18.2 Å². The first-order chi connectivity index (χ1) is 5.33. The van der Waals surface area contributed by atoms with Crippen LogP contribution >= 0.6 is 0 Å². The van der Waals surface area contributed by atoms with Crippen LogP contribution in [0.3, 0.4) is 0 Å². The van der Waals surface area contributed by atoms with E-state index in [4.69, 9.17) is 7.85 Å². The van der Waals surface area contributed by atoms with Gasteiger partial charge in [-0.15, -0.1) is 0 Å². The Morgan fingerprint density at radius 3 is 2.27 bits per heavy atom. The normalized spacial score (nSPS) is 30.5. The van der Waals surface area contributed by atoms with Gasteiger partial charge in [-0.1, -0.05) is 46.4 Å². The van der Waals surface area contributed by atoms with Crippen molar-refractivity contribution < 1.29 is 0 Å². The summed E-state index contributed by atoms with van der Waals surface area (Å²) in [6, 6.07) is 0. The smallest absolute Gasteiger partial charge is 0.0656 e. The fourth-order valence-corrected chi connectivity index (χ4v) is 1.77. The van der Waals surface area contributed by atoms with Crippen LogP contribution in [0.15, 0.2) is 0 Å². The summed E-state index contributed by atoms with van der Waals surface area (Å²) >= 11 is 0. The van der Waals surface area contributed by atoms with E-state index in [2.05, 4.69) is 6.92 Å². The first-order valence-electron chi connectivity index (χ1n) is 5.03. The van der Waals surface area contributed by atoms with Crippen molar-refractivity contribution in [2.75, 3.05) is 0 Å². The minimum Gasteiger partial charge on any atom is -0.0859 e. The van der Waals surface area contributed by atoms with Gasteiger partial charge >= 0.3 is 0 Å². The monoisotopic (exact) mass is 152 g/mol. The van der Waals surface area contributed by atoms with E-state index < -0.39 is 0 Å². The second kappa shape index (κ2) is 6.76. The molecular formula is C10H21B. The molecular weight excluding hydrogens is 131 g/mol. The zero-order valence-corrected chi connectivity index (χ0v) is 8.27. The van der Waals surface area contributed by atoms with Crippen molar-refractivity contribution >= 4 is 7.85 Å². The Bertz CT molecular complexity index is 80.9. The summed E-state index contributed by atoms with van der Waals surface area (Å²) in [6.07, 6.45) is 6.49. The lowest BCUT2D eigenvalue weighted by molar-refractivity contribution is 0.301. The van der Waals surface area contributed by atoms with Gasteiger partial charge in [0.25, 0.3) is 0 Å². The Morgan fingerprint density at radius 2 is 1.91 bits per heavy atom. The maximum absolute atomic E-state index is 5.57. The van der Waals surface area contributed by atoms with Gasteiger partial charge in [0.2, 0.25) is 0 Å². The largest absolute Gasteiger partial charge is 0.0859 e. The molecule has 2 unspecified atom stereocenters. The van der Waals surface area contributed by atoms with E-state index in [-0.39, 0.29) is 0 Å². The Labute approximate surface area is 73.2 Å². The third-order valence-electron chi connectivity index (χ3n) is 2.38. The van der Waals surface area contributed by atoms with Gasteiger partial charge in [-0.2, -0.15) is 0 Å². The van der Waals surface area contributed by atoms with Gasteiger partial charge in [-0.05, 0) is 18.3 Å². The molecule has 0 saturated heterocycles. The Hall–Kier alpha value is 0.0649. The standard InChI is InChI=1S/C8H15B.C2H6/c1-7-3-2-4-8(5-7)6-9;1-2/h7-8H,2-6H2,1H3;1-2H3. The average molecular weight is 152 g/mol. The first-order valence-corrected chi connectivity index (χ1v) is 5.03. The van der Waals surface area contributed by atoms with Crippen molar-refractivity contribution in [1.29, 1.82) is 0 Å². The highest BCUT2D eigenvalue weighted by Crippen LogP contribution is 2.29. The van der Waals surface area contributed by atoms with Crippen molar-refractivity contribution in [3.63, 3.8) is 0 Å². The van der Waals surface area contributed by atoms with E-state index >= 15 is 0 Å². The predicted molar refractivity (Wildman–Crippen MR) is 53.0 cm³/mol. The van der Waals surface area contributed by atoms with E-state index in [0.29, 0.717) is 0 Å². The molecule has 0 amide bonds. The molecule has 0 heterocycles. The van der Waals surface area contributed by atoms with Crippen LogP contribution < -0.4 is 0 Å². The van der Waals surface area contributed by atoms with Gasteiger partial charge in [0, 0.05) is 0 Å². The van der Waals surface area contributed by atoms with Crippen molar-refractivity contribution in [1.82, 2.24) is 0 Å². The third-order valence-corrected chi connectivity index (χ3v) is 2.38. The number of hydrogen-bond acceptors (Lipinski definition) is 0. The summed E-state index contributed by atoms with van der Waals surface area (Å²) in [5, 5.41) is 0. The molecule has 0 nitrogen and oxygen atoms in total. The molecule has 1 aliphatic rings. The highest BCUT2D eigenvalue weighted by molar-refractivity contribution is 6.08. The van der Waals surface area contributed by atoms with E-state index in [9.17, 15) is 0 Å². The predicted octanol–water partition coefficient (Wildman–Crippen LogP) is 3.43. The SMILES string of the molecule is CC.[B]CC1CCCC(C)C1. The lowest BCUT2D eigenvalue weighted by Crippen LogP contribution is -2.12. The molecule has 1 saturated carbocycles. The van der Waals surface area contributed by atoms with Gasteiger partial charge in [-0.3, -0.25) is 0 Å². The molecule has 1 aliphatic carbocycles. The maximum atomic E-state index is 5.57. The molecule has 11 heavy (non-hydrogen) atoms. The lowest BCUT2D eigenvalue weighted by Gasteiger charge is -2.25. The maximum Gasteiger partial charge on any atom is 0.0656 e. The van der Waals surface area contributed by atoms with Crippen LogP contribution in [0.5, 0.6) is 0 Å². The van der Waals surface area contributed by atoms with Crippen molar-refractivity contribution in [2.24, 2.45) is 11.8 Å². The van der Waals surface area contributed by atoms with Crippen LogP contribution in [0, 0.1) is 11.8 Å². The topological polar surface area (TPSA) is 0 Å². The second-order valence-corrected chi connectivity index (χ2v) is 3.37. The molecule has 0 aliphatic heterocycles. The highest BCUT2D eigenvalue weighted by atomic mass is 14.2. The van der Waals surface area contributed by atoms with Gasteiger partial charge in [0.15, 0.2) is 0 Å². The molecule has 1 fully saturated rings. The number of rotatable bonds is 1. The molecule has 0 N–H and O–H groups in total. The third kappa shape index (κ3) is 4.50. The molecule has 0 spiro atoms. The molecule has 2 radical (unpaired) electrons. The summed E-state index contributed by atoms with van der Waals surface area (Å²) in [6.45, 7) is 6.34. The van der Waals surface area contributed by atoms with Crippen LogP contribution in [0.2, 0.25) is 6.32 Å². The highest BCUT2D eigenvalue weighted by Gasteiger charge is 2.15. The van der Waals surface area contributed by atoms with Crippen molar-refractivity contribution in [3.05, 3.63) is 0 Å². The van der Waals surface area contributed by atoms with Crippen LogP contribution in [0.25, 0.3) is 0 Å². The molecule has 1 heteroatoms. The molecule has 0 aromatic rings. The number of hydrogen-bond donors (Lipinski definition) is 0. The van der Waals surface area contributed by atoms with Crippen LogP contribution in [0.4, 0.5) is 0 Å². The van der Waals surface area contributed by atoms with Gasteiger partial charge in [0.1, 0.15) is 0 Å². The summed E-state index contributed by atoms with van der Waals surface area (Å²) in [7, 11) is 5.57. The molecule has 2 atom stereocenters. The fourth-order valence-electron chi connectivity index (χ4n) is 1.77. The molecule has 1 rings (SSSR count). The van der Waals surface area contributed by atoms with Crippen molar-refractivity contribution in [2.45, 2.75) is 52.8 Å². The molecule has 0 aromatic carbocycles. The molecule has 0 bridgehead atoms. The summed E-state index contributed by atoms with van der Waals surface area (Å²) in [5.41, 5.74) is 0. The Morgan fingerprint density at radius 1 is 1.27 bits per heavy atom. The second-order valence-electron chi connectivity index (χ2n) is 3.37. The molecule has 0 aromatic heterocycles. The fraction of sp³-hybridized carbons (Fsp3) is 1.00. The van der Waals surface area contributed by atoms with E-state index in [1.807, 2.05) is 13.8 Å². The Balaban J connectivity index is 0.000000461. The minimum absolute atomic E-state index is 0.841. The van der Waals surface area contributed by atoms with Gasteiger partial charge in [0.05, 0.1) is 7.85 Å². The average Bonchev–Trinajstić information content (AvgIpc) is 2.08. The van der Waals surface area contributed by atoms with Crippen LogP contribution in [-0.4, -0.2) is 7.85 Å².